The van der Waals surface area contributed by atoms with E-state index in [2.05, 4.69) is 22.0 Å². The zero-order valence-electron chi connectivity index (χ0n) is 12.7. The number of hydrogen-bond acceptors (Lipinski definition) is 3. The SMILES string of the molecule is CC.CCCN1CCN(CC2CCNCC2)CC1. The van der Waals surface area contributed by atoms with Crippen molar-refractivity contribution in [3.05, 3.63) is 0 Å². The van der Waals surface area contributed by atoms with Crippen molar-refractivity contribution in [3.63, 3.8) is 0 Å². The Balaban J connectivity index is 0.000000771. The maximum absolute atomic E-state index is 3.45. The third kappa shape index (κ3) is 5.68. The van der Waals surface area contributed by atoms with Gasteiger partial charge in [-0.15, -0.1) is 0 Å². The van der Waals surface area contributed by atoms with Crippen LogP contribution >= 0.6 is 0 Å². The van der Waals surface area contributed by atoms with Crippen molar-refractivity contribution in [1.29, 1.82) is 0 Å². The fraction of sp³-hybridized carbons (Fsp3) is 1.00. The van der Waals surface area contributed by atoms with Crippen LogP contribution in [0.2, 0.25) is 0 Å². The summed E-state index contributed by atoms with van der Waals surface area (Å²) in [7, 11) is 0. The van der Waals surface area contributed by atoms with Crippen molar-refractivity contribution in [3.8, 4) is 0 Å². The number of piperazine rings is 1. The summed E-state index contributed by atoms with van der Waals surface area (Å²) in [5.41, 5.74) is 0. The van der Waals surface area contributed by atoms with Crippen LogP contribution in [0, 0.1) is 5.92 Å². The fourth-order valence-electron chi connectivity index (χ4n) is 2.94. The van der Waals surface area contributed by atoms with Gasteiger partial charge in [-0.2, -0.15) is 0 Å². The van der Waals surface area contributed by atoms with Gasteiger partial charge in [-0.25, -0.2) is 0 Å². The Morgan fingerprint density at radius 1 is 0.944 bits per heavy atom. The minimum atomic E-state index is 0.957. The molecule has 0 aliphatic carbocycles. The lowest BCUT2D eigenvalue weighted by Crippen LogP contribution is -2.48. The van der Waals surface area contributed by atoms with Crippen LogP contribution in [0.1, 0.15) is 40.0 Å². The Labute approximate surface area is 114 Å². The molecule has 2 aliphatic heterocycles. The summed E-state index contributed by atoms with van der Waals surface area (Å²) < 4.78 is 0. The molecular formula is C15H33N3. The van der Waals surface area contributed by atoms with E-state index in [1.807, 2.05) is 13.8 Å². The van der Waals surface area contributed by atoms with Gasteiger partial charge in [0, 0.05) is 32.7 Å². The molecule has 1 N–H and O–H groups in total. The van der Waals surface area contributed by atoms with E-state index in [9.17, 15) is 0 Å². The Bertz CT molecular complexity index is 182. The van der Waals surface area contributed by atoms with Gasteiger partial charge in [0.15, 0.2) is 0 Å². The quantitative estimate of drug-likeness (QED) is 0.829. The molecule has 0 aromatic heterocycles. The van der Waals surface area contributed by atoms with Gasteiger partial charge in [0.2, 0.25) is 0 Å². The highest BCUT2D eigenvalue weighted by Gasteiger charge is 2.20. The van der Waals surface area contributed by atoms with Crippen LogP contribution in [-0.2, 0) is 0 Å². The van der Waals surface area contributed by atoms with Crippen molar-refractivity contribution in [2.24, 2.45) is 5.92 Å². The van der Waals surface area contributed by atoms with Gasteiger partial charge in [-0.1, -0.05) is 20.8 Å². The van der Waals surface area contributed by atoms with Crippen LogP contribution < -0.4 is 5.32 Å². The van der Waals surface area contributed by atoms with Crippen molar-refractivity contribution in [2.45, 2.75) is 40.0 Å². The average molecular weight is 255 g/mol. The summed E-state index contributed by atoms with van der Waals surface area (Å²) in [6, 6.07) is 0. The van der Waals surface area contributed by atoms with Crippen LogP contribution in [0.3, 0.4) is 0 Å². The zero-order valence-corrected chi connectivity index (χ0v) is 12.7. The van der Waals surface area contributed by atoms with Crippen LogP contribution in [0.4, 0.5) is 0 Å². The molecule has 2 saturated heterocycles. The first-order valence-electron chi connectivity index (χ1n) is 8.04. The number of rotatable bonds is 4. The number of piperidine rings is 1. The number of hydrogen-bond donors (Lipinski definition) is 1. The minimum absolute atomic E-state index is 0.957. The third-order valence-corrected chi connectivity index (χ3v) is 3.98. The average Bonchev–Trinajstić information content (AvgIpc) is 2.45. The predicted octanol–water partition coefficient (Wildman–Crippen LogP) is 2.04. The molecule has 2 heterocycles. The first-order chi connectivity index (χ1) is 8.88. The van der Waals surface area contributed by atoms with E-state index in [4.69, 9.17) is 0 Å². The molecular weight excluding hydrogens is 222 g/mol. The van der Waals surface area contributed by atoms with Gasteiger partial charge in [-0.05, 0) is 44.8 Å². The van der Waals surface area contributed by atoms with Gasteiger partial charge >= 0.3 is 0 Å². The smallest absolute Gasteiger partial charge is 0.0110 e. The predicted molar refractivity (Wildman–Crippen MR) is 80.1 cm³/mol. The van der Waals surface area contributed by atoms with Gasteiger partial charge in [-0.3, -0.25) is 0 Å². The lowest BCUT2D eigenvalue weighted by Gasteiger charge is -2.37. The molecule has 0 spiro atoms. The molecule has 0 amide bonds. The van der Waals surface area contributed by atoms with E-state index in [-0.39, 0.29) is 0 Å². The van der Waals surface area contributed by atoms with E-state index < -0.39 is 0 Å². The van der Waals surface area contributed by atoms with Crippen molar-refractivity contribution in [2.75, 3.05) is 52.4 Å². The maximum atomic E-state index is 3.45. The standard InChI is InChI=1S/C13H27N3.C2H6/c1-2-7-15-8-10-16(11-9-15)12-13-3-5-14-6-4-13;1-2/h13-14H,2-12H2,1H3;1-2H3. The molecule has 0 aromatic carbocycles. The topological polar surface area (TPSA) is 18.5 Å². The van der Waals surface area contributed by atoms with E-state index >= 15 is 0 Å². The molecule has 108 valence electrons. The molecule has 3 nitrogen and oxygen atoms in total. The number of nitrogens with zero attached hydrogens (tertiary/aromatic N) is 2. The highest BCUT2D eigenvalue weighted by atomic mass is 15.3. The van der Waals surface area contributed by atoms with E-state index in [1.165, 1.54) is 71.6 Å². The molecule has 0 aromatic rings. The Hall–Kier alpha value is -0.120. The van der Waals surface area contributed by atoms with E-state index in [0.29, 0.717) is 0 Å². The van der Waals surface area contributed by atoms with Gasteiger partial charge in [0.1, 0.15) is 0 Å². The second-order valence-corrected chi connectivity index (χ2v) is 5.34. The minimum Gasteiger partial charge on any atom is -0.317 e. The van der Waals surface area contributed by atoms with E-state index in [1.54, 1.807) is 0 Å². The van der Waals surface area contributed by atoms with Crippen molar-refractivity contribution in [1.82, 2.24) is 15.1 Å². The second-order valence-electron chi connectivity index (χ2n) is 5.34. The van der Waals surface area contributed by atoms with Gasteiger partial charge in [0.25, 0.3) is 0 Å². The molecule has 2 fully saturated rings. The molecule has 0 bridgehead atoms. The summed E-state index contributed by atoms with van der Waals surface area (Å²) in [5, 5.41) is 3.45. The molecule has 0 atom stereocenters. The first kappa shape index (κ1) is 15.9. The van der Waals surface area contributed by atoms with Crippen LogP contribution in [0.15, 0.2) is 0 Å². The van der Waals surface area contributed by atoms with Gasteiger partial charge < -0.3 is 15.1 Å². The second kappa shape index (κ2) is 9.76. The van der Waals surface area contributed by atoms with Gasteiger partial charge in [0.05, 0.1) is 0 Å². The Kier molecular flexibility index (Phi) is 8.64. The fourth-order valence-corrected chi connectivity index (χ4v) is 2.94. The molecule has 2 rings (SSSR count). The summed E-state index contributed by atoms with van der Waals surface area (Å²) >= 11 is 0. The highest BCUT2D eigenvalue weighted by Crippen LogP contribution is 2.14. The molecule has 18 heavy (non-hydrogen) atoms. The number of nitrogens with one attached hydrogen (secondary N) is 1. The lowest BCUT2D eigenvalue weighted by molar-refractivity contribution is 0.111. The maximum Gasteiger partial charge on any atom is 0.0110 e. The third-order valence-electron chi connectivity index (χ3n) is 3.98. The summed E-state index contributed by atoms with van der Waals surface area (Å²) in [5.74, 6) is 0.957. The molecule has 3 heteroatoms. The normalized spacial score (nSPS) is 23.5. The summed E-state index contributed by atoms with van der Waals surface area (Å²) in [6.07, 6.45) is 4.07. The molecule has 0 unspecified atom stereocenters. The van der Waals surface area contributed by atoms with Crippen LogP contribution in [0.5, 0.6) is 0 Å². The van der Waals surface area contributed by atoms with E-state index in [0.717, 1.165) is 5.92 Å². The Morgan fingerprint density at radius 2 is 1.50 bits per heavy atom. The van der Waals surface area contributed by atoms with Crippen molar-refractivity contribution >= 4 is 0 Å². The lowest BCUT2D eigenvalue weighted by atomic mass is 9.97. The van der Waals surface area contributed by atoms with Crippen LogP contribution in [0.25, 0.3) is 0 Å². The van der Waals surface area contributed by atoms with Crippen molar-refractivity contribution < 1.29 is 0 Å². The summed E-state index contributed by atoms with van der Waals surface area (Å²) in [4.78, 5) is 5.29. The summed E-state index contributed by atoms with van der Waals surface area (Å²) in [6.45, 7) is 16.6. The largest absolute Gasteiger partial charge is 0.317 e. The first-order valence-corrected chi connectivity index (χ1v) is 8.04. The molecule has 2 aliphatic rings. The molecule has 0 saturated carbocycles. The molecule has 0 radical (unpaired) electrons. The van der Waals surface area contributed by atoms with Crippen LogP contribution in [-0.4, -0.2) is 62.2 Å². The zero-order chi connectivity index (χ0) is 13.2. The Morgan fingerprint density at radius 3 is 2.06 bits per heavy atom. The highest BCUT2D eigenvalue weighted by molar-refractivity contribution is 4.76. The monoisotopic (exact) mass is 255 g/mol.